The average Bonchev–Trinajstić information content (AvgIpc) is 2.97. The lowest BCUT2D eigenvalue weighted by Crippen LogP contribution is -2.32. The van der Waals surface area contributed by atoms with Gasteiger partial charge in [-0.3, -0.25) is 0 Å². The highest BCUT2D eigenvalue weighted by Gasteiger charge is 2.35. The van der Waals surface area contributed by atoms with Gasteiger partial charge >= 0.3 is 6.61 Å². The van der Waals surface area contributed by atoms with Gasteiger partial charge in [0.2, 0.25) is 0 Å². The van der Waals surface area contributed by atoms with Crippen LogP contribution in [0.1, 0.15) is 28.8 Å². The molecular weight excluding hydrogens is 364 g/mol. The van der Waals surface area contributed by atoms with Gasteiger partial charge < -0.3 is 20.1 Å². The second kappa shape index (κ2) is 8.72. The Morgan fingerprint density at radius 1 is 1.18 bits per heavy atom. The largest absolute Gasteiger partial charge is 0.435 e. The van der Waals surface area contributed by atoms with Gasteiger partial charge in [0.1, 0.15) is 18.4 Å². The molecule has 1 aliphatic rings. The molecule has 0 saturated carbocycles. The Hall–Kier alpha value is -3.11. The minimum atomic E-state index is -2.85. The van der Waals surface area contributed by atoms with Gasteiger partial charge in [0.05, 0.1) is 6.04 Å². The zero-order chi connectivity index (χ0) is 20.1. The average molecular weight is 385 g/mol. The van der Waals surface area contributed by atoms with E-state index in [0.717, 1.165) is 16.7 Å². The minimum absolute atomic E-state index is 0.111. The molecule has 2 N–H and O–H groups in total. The second-order valence-electron chi connectivity index (χ2n) is 6.30. The maximum atomic E-state index is 12.4. The molecule has 3 rings (SSSR count). The summed E-state index contributed by atoms with van der Waals surface area (Å²) in [5.74, 6) is 6.52. The van der Waals surface area contributed by atoms with E-state index in [1.54, 1.807) is 19.2 Å². The molecule has 0 spiro atoms. The van der Waals surface area contributed by atoms with Crippen molar-refractivity contribution in [3.8, 4) is 17.6 Å². The fraction of sp³-hybridized carbons (Fsp3) is 0.286. The van der Waals surface area contributed by atoms with Crippen LogP contribution < -0.4 is 10.5 Å². The first-order valence-corrected chi connectivity index (χ1v) is 8.68. The van der Waals surface area contributed by atoms with Crippen LogP contribution in [0.5, 0.6) is 5.75 Å². The number of aliphatic imine (C=N–C) groups is 1. The summed E-state index contributed by atoms with van der Waals surface area (Å²) in [5.41, 5.74) is 8.80. The van der Waals surface area contributed by atoms with E-state index in [2.05, 4.69) is 21.6 Å². The van der Waals surface area contributed by atoms with Crippen molar-refractivity contribution in [3.63, 3.8) is 0 Å². The van der Waals surface area contributed by atoms with E-state index in [-0.39, 0.29) is 17.8 Å². The Bertz CT molecular complexity index is 904. The molecule has 0 amide bonds. The van der Waals surface area contributed by atoms with Gasteiger partial charge in [-0.05, 0) is 35.4 Å². The SMILES string of the molecule is COCC#Cc1cccc(C2N=C(N)N(C)C2c2ccc(OC(F)F)cc2)c1. The van der Waals surface area contributed by atoms with Crippen LogP contribution in [0.25, 0.3) is 0 Å². The van der Waals surface area contributed by atoms with Gasteiger partial charge in [0.25, 0.3) is 0 Å². The van der Waals surface area contributed by atoms with Crippen molar-refractivity contribution in [2.45, 2.75) is 18.7 Å². The van der Waals surface area contributed by atoms with Crippen LogP contribution in [0.2, 0.25) is 0 Å². The van der Waals surface area contributed by atoms with Gasteiger partial charge in [-0.15, -0.1) is 0 Å². The Morgan fingerprint density at radius 2 is 1.93 bits per heavy atom. The number of halogens is 2. The molecule has 2 aromatic carbocycles. The molecular formula is C21H21F2N3O2. The first kappa shape index (κ1) is 19.6. The highest BCUT2D eigenvalue weighted by molar-refractivity contribution is 5.81. The summed E-state index contributed by atoms with van der Waals surface area (Å²) >= 11 is 0. The number of guanidine groups is 1. The van der Waals surface area contributed by atoms with Crippen molar-refractivity contribution in [1.82, 2.24) is 4.90 Å². The fourth-order valence-electron chi connectivity index (χ4n) is 3.18. The third kappa shape index (κ3) is 4.41. The summed E-state index contributed by atoms with van der Waals surface area (Å²) in [5, 5.41) is 0. The number of ether oxygens (including phenoxy) is 2. The summed E-state index contributed by atoms with van der Waals surface area (Å²) < 4.78 is 34.1. The van der Waals surface area contributed by atoms with Crippen molar-refractivity contribution in [3.05, 3.63) is 65.2 Å². The third-order valence-corrected chi connectivity index (χ3v) is 4.47. The lowest BCUT2D eigenvalue weighted by molar-refractivity contribution is -0.0498. The van der Waals surface area contributed by atoms with Crippen molar-refractivity contribution in [2.24, 2.45) is 10.7 Å². The fourth-order valence-corrected chi connectivity index (χ4v) is 3.18. The maximum Gasteiger partial charge on any atom is 0.387 e. The molecule has 1 aliphatic heterocycles. The smallest absolute Gasteiger partial charge is 0.387 e. The molecule has 2 atom stereocenters. The number of hydrogen-bond acceptors (Lipinski definition) is 5. The standard InChI is InChI=1S/C21H21F2N3O2/c1-26-19(15-8-10-17(11-9-15)28-20(22)23)18(25-21(26)24)16-7-3-5-14(13-16)6-4-12-27-2/h3,5,7-11,13,18-20H,12H2,1-2H3,(H2,24,25). The van der Waals surface area contributed by atoms with Gasteiger partial charge in [0, 0.05) is 19.7 Å². The number of benzene rings is 2. The van der Waals surface area contributed by atoms with Gasteiger partial charge in [-0.1, -0.05) is 36.1 Å². The number of rotatable bonds is 5. The van der Waals surface area contributed by atoms with Gasteiger partial charge in [0.15, 0.2) is 5.96 Å². The van der Waals surface area contributed by atoms with Crippen molar-refractivity contribution in [1.29, 1.82) is 0 Å². The number of likely N-dealkylation sites (N-methyl/N-ethyl adjacent to an activating group) is 1. The minimum Gasteiger partial charge on any atom is -0.435 e. The van der Waals surface area contributed by atoms with Gasteiger partial charge in [-0.2, -0.15) is 8.78 Å². The Morgan fingerprint density at radius 3 is 2.61 bits per heavy atom. The molecule has 0 fully saturated rings. The van der Waals surface area contributed by atoms with E-state index in [9.17, 15) is 8.78 Å². The first-order valence-electron chi connectivity index (χ1n) is 8.68. The van der Waals surface area contributed by atoms with Crippen LogP contribution in [-0.2, 0) is 4.74 Å². The van der Waals surface area contributed by atoms with Crippen LogP contribution in [0, 0.1) is 11.8 Å². The first-order chi connectivity index (χ1) is 13.5. The van der Waals surface area contributed by atoms with Crippen molar-refractivity contribution in [2.75, 3.05) is 20.8 Å². The molecule has 0 radical (unpaired) electrons. The number of alkyl halides is 2. The molecule has 2 aromatic rings. The quantitative estimate of drug-likeness (QED) is 0.802. The number of methoxy groups -OCH3 is 1. The molecule has 28 heavy (non-hydrogen) atoms. The summed E-state index contributed by atoms with van der Waals surface area (Å²) in [6.45, 7) is -2.49. The number of nitrogens with zero attached hydrogens (tertiary/aromatic N) is 2. The van der Waals surface area contributed by atoms with E-state index in [4.69, 9.17) is 10.5 Å². The lowest BCUT2D eigenvalue weighted by Gasteiger charge is -2.26. The number of hydrogen-bond donors (Lipinski definition) is 1. The zero-order valence-electron chi connectivity index (χ0n) is 15.6. The van der Waals surface area contributed by atoms with E-state index in [0.29, 0.717) is 12.6 Å². The predicted molar refractivity (Wildman–Crippen MR) is 103 cm³/mol. The summed E-state index contributed by atoms with van der Waals surface area (Å²) in [7, 11) is 3.45. The van der Waals surface area contributed by atoms with Crippen LogP contribution in [0.15, 0.2) is 53.5 Å². The third-order valence-electron chi connectivity index (χ3n) is 4.47. The normalized spacial score (nSPS) is 18.6. The second-order valence-corrected chi connectivity index (χ2v) is 6.30. The summed E-state index contributed by atoms with van der Waals surface area (Å²) in [4.78, 5) is 6.47. The van der Waals surface area contributed by atoms with Crippen molar-refractivity contribution >= 4 is 5.96 Å². The Balaban J connectivity index is 1.89. The molecule has 7 heteroatoms. The van der Waals surface area contributed by atoms with E-state index >= 15 is 0 Å². The lowest BCUT2D eigenvalue weighted by atomic mass is 9.93. The predicted octanol–water partition coefficient (Wildman–Crippen LogP) is 3.33. The van der Waals surface area contributed by atoms with E-state index < -0.39 is 6.61 Å². The van der Waals surface area contributed by atoms with Crippen molar-refractivity contribution < 1.29 is 18.3 Å². The molecule has 0 bridgehead atoms. The monoisotopic (exact) mass is 385 g/mol. The molecule has 5 nitrogen and oxygen atoms in total. The zero-order valence-corrected chi connectivity index (χ0v) is 15.6. The maximum absolute atomic E-state index is 12.4. The Kier molecular flexibility index (Phi) is 6.12. The van der Waals surface area contributed by atoms with Crippen LogP contribution >= 0.6 is 0 Å². The van der Waals surface area contributed by atoms with Gasteiger partial charge in [-0.25, -0.2) is 4.99 Å². The highest BCUT2D eigenvalue weighted by atomic mass is 19.3. The van der Waals surface area contributed by atoms with Crippen LogP contribution in [-0.4, -0.2) is 38.2 Å². The molecule has 0 aliphatic carbocycles. The molecule has 1 heterocycles. The van der Waals surface area contributed by atoms with Crippen LogP contribution in [0.3, 0.4) is 0 Å². The van der Waals surface area contributed by atoms with E-state index in [1.807, 2.05) is 36.2 Å². The molecule has 146 valence electrons. The van der Waals surface area contributed by atoms with Crippen LogP contribution in [0.4, 0.5) is 8.78 Å². The molecule has 0 saturated heterocycles. The highest BCUT2D eigenvalue weighted by Crippen LogP contribution is 2.41. The molecule has 0 aromatic heterocycles. The summed E-state index contributed by atoms with van der Waals surface area (Å²) in [6.07, 6.45) is 0. The van der Waals surface area contributed by atoms with E-state index in [1.165, 1.54) is 12.1 Å². The Labute approximate surface area is 162 Å². The summed E-state index contributed by atoms with van der Waals surface area (Å²) in [6, 6.07) is 13.9. The topological polar surface area (TPSA) is 60.1 Å². The number of nitrogens with two attached hydrogens (primary N) is 1. The molecule has 2 unspecified atom stereocenters.